The fraction of sp³-hybridized carbons (Fsp3) is 0.111. The Labute approximate surface area is 129 Å². The smallest absolute Gasteiger partial charge is 0.266 e. The molecule has 2 rings (SSSR count). The van der Waals surface area contributed by atoms with Crippen molar-refractivity contribution in [1.82, 2.24) is 0 Å². The molecule has 0 saturated heterocycles. The number of nitrogens with one attached hydrogen (secondary N) is 1. The van der Waals surface area contributed by atoms with Gasteiger partial charge in [0.05, 0.1) is 12.3 Å². The molecule has 1 amide bonds. The van der Waals surface area contributed by atoms with E-state index in [1.54, 1.807) is 24.3 Å². The van der Waals surface area contributed by atoms with Crippen LogP contribution in [0.1, 0.15) is 12.5 Å². The molecule has 2 aromatic carbocycles. The number of amides is 1. The summed E-state index contributed by atoms with van der Waals surface area (Å²) in [5.74, 6) is 0.119. The van der Waals surface area contributed by atoms with E-state index < -0.39 is 5.91 Å². The van der Waals surface area contributed by atoms with Crippen LogP contribution in [0.3, 0.4) is 0 Å². The van der Waals surface area contributed by atoms with Gasteiger partial charge in [-0.25, -0.2) is 0 Å². The second kappa shape index (κ2) is 7.65. The maximum Gasteiger partial charge on any atom is 0.266 e. The molecular formula is C18H16N2O2. The van der Waals surface area contributed by atoms with E-state index in [0.29, 0.717) is 18.0 Å². The number of ether oxygens (including phenoxy) is 1. The molecule has 110 valence electrons. The van der Waals surface area contributed by atoms with Gasteiger partial charge in [-0.3, -0.25) is 4.79 Å². The number of nitriles is 1. The summed E-state index contributed by atoms with van der Waals surface area (Å²) in [7, 11) is 0. The zero-order chi connectivity index (χ0) is 15.8. The average molecular weight is 292 g/mol. The van der Waals surface area contributed by atoms with Crippen molar-refractivity contribution >= 4 is 17.7 Å². The Morgan fingerprint density at radius 2 is 1.86 bits per heavy atom. The van der Waals surface area contributed by atoms with Gasteiger partial charge in [-0.1, -0.05) is 42.5 Å². The van der Waals surface area contributed by atoms with Crippen LogP contribution in [-0.4, -0.2) is 12.5 Å². The van der Waals surface area contributed by atoms with Crippen LogP contribution >= 0.6 is 0 Å². The summed E-state index contributed by atoms with van der Waals surface area (Å²) in [6, 6.07) is 18.3. The van der Waals surface area contributed by atoms with Crippen LogP contribution in [0.15, 0.2) is 60.2 Å². The lowest BCUT2D eigenvalue weighted by Gasteiger charge is -2.10. The van der Waals surface area contributed by atoms with E-state index in [4.69, 9.17) is 4.74 Å². The van der Waals surface area contributed by atoms with Gasteiger partial charge >= 0.3 is 0 Å². The van der Waals surface area contributed by atoms with E-state index in [1.165, 1.54) is 0 Å². The summed E-state index contributed by atoms with van der Waals surface area (Å²) in [4.78, 5) is 12.2. The molecule has 0 spiro atoms. The minimum atomic E-state index is -0.460. The molecule has 0 saturated carbocycles. The molecule has 0 heterocycles. The molecule has 0 atom stereocenters. The quantitative estimate of drug-likeness (QED) is 0.676. The fourth-order valence-electron chi connectivity index (χ4n) is 1.91. The molecule has 0 bridgehead atoms. The predicted molar refractivity (Wildman–Crippen MR) is 86.3 cm³/mol. The topological polar surface area (TPSA) is 62.1 Å². The second-order valence-corrected chi connectivity index (χ2v) is 4.46. The van der Waals surface area contributed by atoms with Gasteiger partial charge in [0.1, 0.15) is 17.4 Å². The van der Waals surface area contributed by atoms with Gasteiger partial charge in [0, 0.05) is 0 Å². The number of anilines is 1. The van der Waals surface area contributed by atoms with Crippen LogP contribution < -0.4 is 10.1 Å². The molecule has 0 aliphatic carbocycles. The molecule has 0 aromatic heterocycles. The maximum atomic E-state index is 12.2. The lowest BCUT2D eigenvalue weighted by atomic mass is 10.1. The Balaban J connectivity index is 2.21. The van der Waals surface area contributed by atoms with Gasteiger partial charge in [0.25, 0.3) is 5.91 Å². The van der Waals surface area contributed by atoms with Gasteiger partial charge in [-0.2, -0.15) is 5.26 Å². The molecule has 1 N–H and O–H groups in total. The standard InChI is InChI=1S/C18H16N2O2/c1-2-22-17-11-7-6-10-16(17)20-18(21)15(13-19)12-14-8-4-3-5-9-14/h3-12H,2H2,1H3,(H,20,21). The zero-order valence-corrected chi connectivity index (χ0v) is 12.2. The lowest BCUT2D eigenvalue weighted by Crippen LogP contribution is -2.14. The van der Waals surface area contributed by atoms with E-state index in [2.05, 4.69) is 5.32 Å². The first kappa shape index (κ1) is 15.3. The molecule has 0 unspecified atom stereocenters. The molecule has 4 heteroatoms. The molecule has 4 nitrogen and oxygen atoms in total. The highest BCUT2D eigenvalue weighted by Gasteiger charge is 2.12. The second-order valence-electron chi connectivity index (χ2n) is 4.46. The van der Waals surface area contributed by atoms with Crippen LogP contribution in [0.4, 0.5) is 5.69 Å². The zero-order valence-electron chi connectivity index (χ0n) is 12.2. The normalized spacial score (nSPS) is 10.6. The Bertz CT molecular complexity index is 715. The van der Waals surface area contributed by atoms with E-state index in [1.807, 2.05) is 49.4 Å². The molecule has 22 heavy (non-hydrogen) atoms. The van der Waals surface area contributed by atoms with Crippen molar-refractivity contribution in [3.63, 3.8) is 0 Å². The summed E-state index contributed by atoms with van der Waals surface area (Å²) in [6.45, 7) is 2.37. The Morgan fingerprint density at radius 3 is 2.55 bits per heavy atom. The monoisotopic (exact) mass is 292 g/mol. The maximum absolute atomic E-state index is 12.2. The third-order valence-corrected chi connectivity index (χ3v) is 2.91. The highest BCUT2D eigenvalue weighted by atomic mass is 16.5. The first-order valence-corrected chi connectivity index (χ1v) is 6.94. The summed E-state index contributed by atoms with van der Waals surface area (Å²) >= 11 is 0. The van der Waals surface area contributed by atoms with Gasteiger partial charge < -0.3 is 10.1 Å². The van der Waals surface area contributed by atoms with Crippen molar-refractivity contribution in [3.05, 3.63) is 65.7 Å². The van der Waals surface area contributed by atoms with Gasteiger partial charge in [-0.05, 0) is 30.7 Å². The van der Waals surface area contributed by atoms with Crippen molar-refractivity contribution in [3.8, 4) is 11.8 Å². The molecular weight excluding hydrogens is 276 g/mol. The molecule has 2 aromatic rings. The van der Waals surface area contributed by atoms with Crippen molar-refractivity contribution in [2.24, 2.45) is 0 Å². The van der Waals surface area contributed by atoms with Crippen molar-refractivity contribution in [2.45, 2.75) is 6.92 Å². The van der Waals surface area contributed by atoms with E-state index in [-0.39, 0.29) is 5.57 Å². The third-order valence-electron chi connectivity index (χ3n) is 2.91. The number of hydrogen-bond donors (Lipinski definition) is 1. The number of benzene rings is 2. The molecule has 0 aliphatic rings. The van der Waals surface area contributed by atoms with Crippen molar-refractivity contribution in [1.29, 1.82) is 5.26 Å². The van der Waals surface area contributed by atoms with Crippen LogP contribution in [0, 0.1) is 11.3 Å². The molecule has 0 radical (unpaired) electrons. The lowest BCUT2D eigenvalue weighted by molar-refractivity contribution is -0.112. The minimum absolute atomic E-state index is 0.0394. The van der Waals surface area contributed by atoms with Gasteiger partial charge in [-0.15, -0.1) is 0 Å². The minimum Gasteiger partial charge on any atom is -0.492 e. The summed E-state index contributed by atoms with van der Waals surface area (Å²) in [5, 5.41) is 11.9. The Kier molecular flexibility index (Phi) is 5.33. The summed E-state index contributed by atoms with van der Waals surface area (Å²) < 4.78 is 5.45. The van der Waals surface area contributed by atoms with Crippen LogP contribution in [0.2, 0.25) is 0 Å². The number of hydrogen-bond acceptors (Lipinski definition) is 3. The summed E-state index contributed by atoms with van der Waals surface area (Å²) in [5.41, 5.74) is 1.38. The Hall–Kier alpha value is -3.06. The first-order chi connectivity index (χ1) is 10.7. The number of nitrogens with zero attached hydrogens (tertiary/aromatic N) is 1. The van der Waals surface area contributed by atoms with Crippen LogP contribution in [-0.2, 0) is 4.79 Å². The molecule has 0 aliphatic heterocycles. The molecule has 0 fully saturated rings. The van der Waals surface area contributed by atoms with Crippen LogP contribution in [0.25, 0.3) is 6.08 Å². The highest BCUT2D eigenvalue weighted by Crippen LogP contribution is 2.24. The van der Waals surface area contributed by atoms with Gasteiger partial charge in [0.2, 0.25) is 0 Å². The number of para-hydroxylation sites is 2. The van der Waals surface area contributed by atoms with E-state index >= 15 is 0 Å². The average Bonchev–Trinajstić information content (AvgIpc) is 2.55. The number of carbonyl (C=O) groups excluding carboxylic acids is 1. The predicted octanol–water partition coefficient (Wildman–Crippen LogP) is 3.63. The first-order valence-electron chi connectivity index (χ1n) is 6.94. The number of rotatable bonds is 5. The van der Waals surface area contributed by atoms with E-state index in [9.17, 15) is 10.1 Å². The van der Waals surface area contributed by atoms with Gasteiger partial charge in [0.15, 0.2) is 0 Å². The number of carbonyl (C=O) groups is 1. The van der Waals surface area contributed by atoms with E-state index in [0.717, 1.165) is 5.56 Å². The van der Waals surface area contributed by atoms with Crippen LogP contribution in [0.5, 0.6) is 5.75 Å². The van der Waals surface area contributed by atoms with Crippen molar-refractivity contribution < 1.29 is 9.53 Å². The third kappa shape index (κ3) is 3.97. The van der Waals surface area contributed by atoms with Crippen molar-refractivity contribution in [2.75, 3.05) is 11.9 Å². The largest absolute Gasteiger partial charge is 0.492 e. The summed E-state index contributed by atoms with van der Waals surface area (Å²) in [6.07, 6.45) is 1.55. The fourth-order valence-corrected chi connectivity index (χ4v) is 1.91. The SMILES string of the molecule is CCOc1ccccc1NC(=O)C(C#N)=Cc1ccccc1. The Morgan fingerprint density at radius 1 is 1.18 bits per heavy atom. The highest BCUT2D eigenvalue weighted by molar-refractivity contribution is 6.10.